The van der Waals surface area contributed by atoms with Crippen LogP contribution in [-0.2, 0) is 0 Å². The maximum absolute atomic E-state index is 14.0. The van der Waals surface area contributed by atoms with E-state index in [-0.39, 0.29) is 5.91 Å². The van der Waals surface area contributed by atoms with Gasteiger partial charge in [0.15, 0.2) is 5.13 Å². The van der Waals surface area contributed by atoms with Crippen molar-refractivity contribution in [2.24, 2.45) is 0 Å². The molecule has 0 spiro atoms. The van der Waals surface area contributed by atoms with Crippen LogP contribution in [0.4, 0.5) is 9.52 Å². The predicted octanol–water partition coefficient (Wildman–Crippen LogP) is 4.18. The number of aromatic nitrogens is 3. The Kier molecular flexibility index (Phi) is 3.77. The number of carbonyl (C=O) groups is 1. The summed E-state index contributed by atoms with van der Waals surface area (Å²) in [6, 6.07) is 14.0. The van der Waals surface area contributed by atoms with Crippen LogP contribution >= 0.6 is 11.3 Å². The van der Waals surface area contributed by atoms with Gasteiger partial charge in [-0.05, 0) is 31.2 Å². The Labute approximate surface area is 146 Å². The minimum Gasteiger partial charge on any atom is -0.298 e. The second kappa shape index (κ2) is 6.10. The SMILES string of the molecule is Cc1c(C(=O)Nc2nc3ccccc3s2)cnn1-c1ccccc1F. The number of halogens is 1. The zero-order valence-corrected chi connectivity index (χ0v) is 14.0. The average molecular weight is 352 g/mol. The first-order chi connectivity index (χ1) is 12.1. The van der Waals surface area contributed by atoms with Gasteiger partial charge in [0.2, 0.25) is 0 Å². The van der Waals surface area contributed by atoms with Crippen LogP contribution in [0.5, 0.6) is 0 Å². The van der Waals surface area contributed by atoms with Crippen LogP contribution in [0.1, 0.15) is 16.1 Å². The van der Waals surface area contributed by atoms with Gasteiger partial charge in [-0.15, -0.1) is 0 Å². The number of amides is 1. The Bertz CT molecular complexity index is 1050. The Morgan fingerprint density at radius 2 is 1.92 bits per heavy atom. The van der Waals surface area contributed by atoms with Crippen LogP contribution in [0.15, 0.2) is 54.7 Å². The minimum absolute atomic E-state index is 0.305. The van der Waals surface area contributed by atoms with Crippen molar-refractivity contribution in [1.82, 2.24) is 14.8 Å². The number of hydrogen-bond acceptors (Lipinski definition) is 4. The number of anilines is 1. The van der Waals surface area contributed by atoms with E-state index in [1.807, 2.05) is 24.3 Å². The smallest absolute Gasteiger partial charge is 0.260 e. The van der Waals surface area contributed by atoms with Crippen LogP contribution in [0.2, 0.25) is 0 Å². The molecular weight excluding hydrogens is 339 g/mol. The molecule has 1 amide bonds. The molecule has 0 bridgehead atoms. The summed E-state index contributed by atoms with van der Waals surface area (Å²) in [7, 11) is 0. The molecule has 2 heterocycles. The first-order valence-corrected chi connectivity index (χ1v) is 8.41. The number of carbonyl (C=O) groups excluding carboxylic acids is 1. The molecule has 0 unspecified atom stereocenters. The lowest BCUT2D eigenvalue weighted by Crippen LogP contribution is -2.13. The molecule has 0 radical (unpaired) electrons. The molecule has 0 atom stereocenters. The van der Waals surface area contributed by atoms with E-state index in [1.54, 1.807) is 25.1 Å². The highest BCUT2D eigenvalue weighted by molar-refractivity contribution is 7.22. The molecule has 0 aliphatic carbocycles. The average Bonchev–Trinajstić information content (AvgIpc) is 3.18. The number of nitrogens with zero attached hydrogens (tertiary/aromatic N) is 3. The number of nitrogens with one attached hydrogen (secondary N) is 1. The summed E-state index contributed by atoms with van der Waals surface area (Å²) in [5.41, 5.74) is 2.08. The van der Waals surface area contributed by atoms with Gasteiger partial charge < -0.3 is 0 Å². The van der Waals surface area contributed by atoms with Gasteiger partial charge in [0.25, 0.3) is 5.91 Å². The van der Waals surface area contributed by atoms with E-state index in [9.17, 15) is 9.18 Å². The van der Waals surface area contributed by atoms with E-state index in [0.29, 0.717) is 22.1 Å². The summed E-state index contributed by atoms with van der Waals surface area (Å²) in [5, 5.41) is 7.46. The molecule has 124 valence electrons. The van der Waals surface area contributed by atoms with Crippen molar-refractivity contribution >= 4 is 32.6 Å². The standard InChI is InChI=1S/C18H13FN4OS/c1-11-12(10-20-23(11)15-8-4-2-6-13(15)19)17(24)22-18-21-14-7-3-5-9-16(14)25-18/h2-10H,1H3,(H,21,22,24). The Balaban J connectivity index is 1.64. The maximum Gasteiger partial charge on any atom is 0.260 e. The Hall–Kier alpha value is -3.06. The third kappa shape index (κ3) is 2.78. The number of hydrogen-bond donors (Lipinski definition) is 1. The molecule has 2 aromatic heterocycles. The normalized spacial score (nSPS) is 11.0. The zero-order chi connectivity index (χ0) is 17.4. The number of benzene rings is 2. The third-order valence-electron chi connectivity index (χ3n) is 3.85. The van der Waals surface area contributed by atoms with Crippen molar-refractivity contribution in [2.45, 2.75) is 6.92 Å². The molecule has 0 fully saturated rings. The molecular formula is C18H13FN4OS. The van der Waals surface area contributed by atoms with E-state index in [4.69, 9.17) is 0 Å². The minimum atomic E-state index is -0.396. The summed E-state index contributed by atoms with van der Waals surface area (Å²) >= 11 is 1.40. The first-order valence-electron chi connectivity index (χ1n) is 7.60. The predicted molar refractivity (Wildman–Crippen MR) is 95.8 cm³/mol. The van der Waals surface area contributed by atoms with Gasteiger partial charge in [-0.3, -0.25) is 10.1 Å². The van der Waals surface area contributed by atoms with E-state index in [2.05, 4.69) is 15.4 Å². The van der Waals surface area contributed by atoms with E-state index < -0.39 is 5.82 Å². The molecule has 5 nitrogen and oxygen atoms in total. The Morgan fingerprint density at radius 3 is 2.72 bits per heavy atom. The highest BCUT2D eigenvalue weighted by Gasteiger charge is 2.18. The third-order valence-corrected chi connectivity index (χ3v) is 4.80. The summed E-state index contributed by atoms with van der Waals surface area (Å²) in [6.07, 6.45) is 1.43. The lowest BCUT2D eigenvalue weighted by Gasteiger charge is -2.06. The lowest BCUT2D eigenvalue weighted by atomic mass is 10.2. The molecule has 25 heavy (non-hydrogen) atoms. The first kappa shape index (κ1) is 15.5. The Morgan fingerprint density at radius 1 is 1.16 bits per heavy atom. The van der Waals surface area contributed by atoms with Crippen LogP contribution in [0, 0.1) is 12.7 Å². The van der Waals surface area contributed by atoms with Gasteiger partial charge in [-0.25, -0.2) is 14.1 Å². The number of para-hydroxylation sites is 2. The molecule has 7 heteroatoms. The van der Waals surface area contributed by atoms with Crippen molar-refractivity contribution < 1.29 is 9.18 Å². The molecule has 0 aliphatic rings. The van der Waals surface area contributed by atoms with Crippen molar-refractivity contribution in [3.05, 3.63) is 71.8 Å². The van der Waals surface area contributed by atoms with Crippen molar-refractivity contribution in [2.75, 3.05) is 5.32 Å². The van der Waals surface area contributed by atoms with Crippen molar-refractivity contribution in [3.8, 4) is 5.69 Å². The van der Waals surface area contributed by atoms with E-state index >= 15 is 0 Å². The molecule has 4 rings (SSSR count). The maximum atomic E-state index is 14.0. The van der Waals surface area contributed by atoms with Crippen LogP contribution in [0.3, 0.4) is 0 Å². The summed E-state index contributed by atoms with van der Waals surface area (Å²) in [6.45, 7) is 1.73. The monoisotopic (exact) mass is 352 g/mol. The number of thiazole rings is 1. The largest absolute Gasteiger partial charge is 0.298 e. The van der Waals surface area contributed by atoms with E-state index in [0.717, 1.165) is 10.2 Å². The highest BCUT2D eigenvalue weighted by atomic mass is 32.1. The van der Waals surface area contributed by atoms with Gasteiger partial charge in [0.1, 0.15) is 11.5 Å². The molecule has 2 aromatic carbocycles. The van der Waals surface area contributed by atoms with Crippen LogP contribution in [0.25, 0.3) is 15.9 Å². The van der Waals surface area contributed by atoms with Crippen molar-refractivity contribution in [1.29, 1.82) is 0 Å². The van der Waals surface area contributed by atoms with Crippen LogP contribution in [-0.4, -0.2) is 20.7 Å². The number of fused-ring (bicyclic) bond motifs is 1. The molecule has 0 saturated heterocycles. The molecule has 0 aliphatic heterocycles. The summed E-state index contributed by atoms with van der Waals surface area (Å²) < 4.78 is 16.4. The summed E-state index contributed by atoms with van der Waals surface area (Å²) in [4.78, 5) is 16.9. The quantitative estimate of drug-likeness (QED) is 0.602. The fourth-order valence-electron chi connectivity index (χ4n) is 2.59. The van der Waals surface area contributed by atoms with Gasteiger partial charge in [0.05, 0.1) is 27.7 Å². The zero-order valence-electron chi connectivity index (χ0n) is 13.2. The van der Waals surface area contributed by atoms with Gasteiger partial charge in [-0.2, -0.15) is 5.10 Å². The second-order valence-electron chi connectivity index (χ2n) is 5.45. The number of rotatable bonds is 3. The van der Waals surface area contributed by atoms with Gasteiger partial charge in [0, 0.05) is 0 Å². The fraction of sp³-hybridized carbons (Fsp3) is 0.0556. The van der Waals surface area contributed by atoms with Gasteiger partial charge >= 0.3 is 0 Å². The topological polar surface area (TPSA) is 59.8 Å². The van der Waals surface area contributed by atoms with E-state index in [1.165, 1.54) is 28.3 Å². The van der Waals surface area contributed by atoms with Crippen LogP contribution < -0.4 is 5.32 Å². The fourth-order valence-corrected chi connectivity index (χ4v) is 3.45. The molecule has 0 saturated carbocycles. The molecule has 4 aromatic rings. The van der Waals surface area contributed by atoms with Gasteiger partial charge in [-0.1, -0.05) is 35.6 Å². The molecule has 1 N–H and O–H groups in total. The second-order valence-corrected chi connectivity index (χ2v) is 6.48. The van der Waals surface area contributed by atoms with Crippen molar-refractivity contribution in [3.63, 3.8) is 0 Å². The highest BCUT2D eigenvalue weighted by Crippen LogP contribution is 2.26. The lowest BCUT2D eigenvalue weighted by molar-refractivity contribution is 0.102. The summed E-state index contributed by atoms with van der Waals surface area (Å²) in [5.74, 6) is -0.717.